The van der Waals surface area contributed by atoms with E-state index in [-0.39, 0.29) is 11.6 Å². The van der Waals surface area contributed by atoms with Crippen LogP contribution in [0.2, 0.25) is 5.02 Å². The number of nitrogens with zero attached hydrogens (tertiary/aromatic N) is 1. The van der Waals surface area contributed by atoms with Crippen LogP contribution in [-0.4, -0.2) is 0 Å². The van der Waals surface area contributed by atoms with Crippen LogP contribution in [0.5, 0.6) is 5.75 Å². The van der Waals surface area contributed by atoms with Crippen LogP contribution in [0.3, 0.4) is 0 Å². The highest BCUT2D eigenvalue weighted by Gasteiger charge is 2.02. The molecule has 0 aliphatic carbocycles. The summed E-state index contributed by atoms with van der Waals surface area (Å²) < 4.78 is 18.6. The molecule has 0 saturated heterocycles. The maximum atomic E-state index is 13.2. The highest BCUT2D eigenvalue weighted by Crippen LogP contribution is 2.18. The number of ether oxygens (including phenoxy) is 1. The van der Waals surface area contributed by atoms with E-state index in [0.717, 1.165) is 0 Å². The van der Waals surface area contributed by atoms with Gasteiger partial charge in [0.15, 0.2) is 0 Å². The van der Waals surface area contributed by atoms with E-state index in [0.29, 0.717) is 16.9 Å². The Kier molecular flexibility index (Phi) is 3.81. The van der Waals surface area contributed by atoms with E-state index in [1.165, 1.54) is 12.1 Å². The van der Waals surface area contributed by atoms with Crippen LogP contribution < -0.4 is 4.74 Å². The molecule has 4 heteroatoms. The maximum absolute atomic E-state index is 13.2. The van der Waals surface area contributed by atoms with Crippen LogP contribution in [0.4, 0.5) is 4.39 Å². The molecule has 0 unspecified atom stereocenters. The van der Waals surface area contributed by atoms with E-state index in [4.69, 9.17) is 21.6 Å². The predicted octanol–water partition coefficient (Wildman–Crippen LogP) is 3.93. The first-order chi connectivity index (χ1) is 8.69. The highest BCUT2D eigenvalue weighted by molar-refractivity contribution is 6.30. The Morgan fingerprint density at radius 1 is 1.17 bits per heavy atom. The average molecular weight is 262 g/mol. The lowest BCUT2D eigenvalue weighted by atomic mass is 10.2. The molecule has 0 aromatic heterocycles. The number of rotatable bonds is 3. The second-order valence-electron chi connectivity index (χ2n) is 3.67. The van der Waals surface area contributed by atoms with E-state index >= 15 is 0 Å². The lowest BCUT2D eigenvalue weighted by molar-refractivity contribution is 0.305. The first kappa shape index (κ1) is 12.4. The molecule has 0 bridgehead atoms. The Hall–Kier alpha value is -2.05. The number of benzene rings is 2. The van der Waals surface area contributed by atoms with Gasteiger partial charge in [0.25, 0.3) is 0 Å². The lowest BCUT2D eigenvalue weighted by Crippen LogP contribution is -1.96. The van der Waals surface area contributed by atoms with E-state index in [9.17, 15) is 4.39 Å². The third-order valence-electron chi connectivity index (χ3n) is 2.37. The molecule has 0 aliphatic heterocycles. The third-order valence-corrected chi connectivity index (χ3v) is 2.68. The van der Waals surface area contributed by atoms with Crippen molar-refractivity contribution in [1.29, 1.82) is 5.26 Å². The van der Waals surface area contributed by atoms with Crippen molar-refractivity contribution >= 4 is 11.6 Å². The van der Waals surface area contributed by atoms with Gasteiger partial charge in [-0.05, 0) is 42.0 Å². The largest absolute Gasteiger partial charge is 0.489 e. The molecule has 2 aromatic carbocycles. The fourth-order valence-corrected chi connectivity index (χ4v) is 1.54. The van der Waals surface area contributed by atoms with Crippen molar-refractivity contribution in [3.8, 4) is 11.8 Å². The molecule has 0 spiro atoms. The minimum absolute atomic E-state index is 0.0946. The Balaban J connectivity index is 2.02. The summed E-state index contributed by atoms with van der Waals surface area (Å²) in [4.78, 5) is 0. The van der Waals surface area contributed by atoms with Crippen molar-refractivity contribution < 1.29 is 9.13 Å². The van der Waals surface area contributed by atoms with E-state index < -0.39 is 5.82 Å². The monoisotopic (exact) mass is 261 g/mol. The van der Waals surface area contributed by atoms with Crippen LogP contribution in [-0.2, 0) is 6.61 Å². The summed E-state index contributed by atoms with van der Waals surface area (Å²) >= 11 is 5.58. The van der Waals surface area contributed by atoms with Crippen molar-refractivity contribution in [3.63, 3.8) is 0 Å². The molecule has 0 saturated carbocycles. The van der Waals surface area contributed by atoms with Crippen LogP contribution in [0.1, 0.15) is 11.1 Å². The van der Waals surface area contributed by atoms with Gasteiger partial charge in [-0.3, -0.25) is 0 Å². The van der Waals surface area contributed by atoms with Gasteiger partial charge < -0.3 is 4.74 Å². The molecule has 0 atom stereocenters. The summed E-state index contributed by atoms with van der Waals surface area (Å²) in [5, 5.41) is 8.74. The molecule has 0 amide bonds. The molecule has 0 N–H and O–H groups in total. The van der Waals surface area contributed by atoms with Crippen LogP contribution in [0.25, 0.3) is 0 Å². The molecule has 18 heavy (non-hydrogen) atoms. The summed E-state index contributed by atoms with van der Waals surface area (Å²) in [6, 6.07) is 13.3. The van der Waals surface area contributed by atoms with Crippen LogP contribution in [0.15, 0.2) is 42.5 Å². The molecule has 0 fully saturated rings. The van der Waals surface area contributed by atoms with Gasteiger partial charge in [0.05, 0.1) is 16.7 Å². The molecular formula is C14H9ClFNO. The molecule has 0 radical (unpaired) electrons. The molecule has 2 nitrogen and oxygen atoms in total. The summed E-state index contributed by atoms with van der Waals surface area (Å²) in [7, 11) is 0. The second kappa shape index (κ2) is 5.52. The van der Waals surface area contributed by atoms with Gasteiger partial charge >= 0.3 is 0 Å². The summed E-state index contributed by atoms with van der Waals surface area (Å²) in [5.74, 6) is 0.168. The molecule has 0 aliphatic rings. The van der Waals surface area contributed by atoms with Gasteiger partial charge in [-0.15, -0.1) is 0 Å². The van der Waals surface area contributed by atoms with Gasteiger partial charge in [0.1, 0.15) is 18.2 Å². The molecular weight excluding hydrogens is 253 g/mol. The maximum Gasteiger partial charge on any atom is 0.142 e. The Labute approximate surface area is 109 Å². The van der Waals surface area contributed by atoms with Crippen LogP contribution >= 0.6 is 11.6 Å². The zero-order valence-electron chi connectivity index (χ0n) is 9.36. The predicted molar refractivity (Wildman–Crippen MR) is 66.9 cm³/mol. The fraction of sp³-hybridized carbons (Fsp3) is 0.0714. The third kappa shape index (κ3) is 2.99. The second-order valence-corrected chi connectivity index (χ2v) is 4.08. The van der Waals surface area contributed by atoms with E-state index in [1.54, 1.807) is 30.3 Å². The van der Waals surface area contributed by atoms with Crippen molar-refractivity contribution in [2.45, 2.75) is 6.61 Å². The summed E-state index contributed by atoms with van der Waals surface area (Å²) in [6.07, 6.45) is 0. The number of hydrogen-bond acceptors (Lipinski definition) is 2. The van der Waals surface area contributed by atoms with Gasteiger partial charge in [-0.1, -0.05) is 17.7 Å². The average Bonchev–Trinajstić information content (AvgIpc) is 2.41. The molecule has 0 heterocycles. The van der Waals surface area contributed by atoms with Crippen LogP contribution in [0, 0.1) is 17.1 Å². The van der Waals surface area contributed by atoms with Crippen molar-refractivity contribution in [3.05, 3.63) is 64.4 Å². The van der Waals surface area contributed by atoms with Crippen molar-refractivity contribution in [2.75, 3.05) is 0 Å². The summed E-state index contributed by atoms with van der Waals surface area (Å²) in [5.41, 5.74) is 1.26. The lowest BCUT2D eigenvalue weighted by Gasteiger charge is -2.06. The van der Waals surface area contributed by atoms with E-state index in [2.05, 4.69) is 0 Å². The number of hydrogen-bond donors (Lipinski definition) is 0. The zero-order valence-corrected chi connectivity index (χ0v) is 10.1. The first-order valence-corrected chi connectivity index (χ1v) is 5.64. The number of halogens is 2. The molecule has 2 rings (SSSR count). The number of nitriles is 1. The van der Waals surface area contributed by atoms with E-state index in [1.807, 2.05) is 6.07 Å². The smallest absolute Gasteiger partial charge is 0.142 e. The van der Waals surface area contributed by atoms with Gasteiger partial charge in [0, 0.05) is 0 Å². The minimum atomic E-state index is -0.461. The van der Waals surface area contributed by atoms with Gasteiger partial charge in [-0.2, -0.15) is 5.26 Å². The quantitative estimate of drug-likeness (QED) is 0.839. The molecule has 90 valence electrons. The normalized spacial score (nSPS) is 9.83. The topological polar surface area (TPSA) is 33.0 Å². The fourth-order valence-electron chi connectivity index (χ4n) is 1.42. The Bertz CT molecular complexity index is 590. The van der Waals surface area contributed by atoms with Crippen molar-refractivity contribution in [1.82, 2.24) is 0 Å². The summed E-state index contributed by atoms with van der Waals surface area (Å²) in [6.45, 7) is 0.250. The standard InChI is InChI=1S/C14H9ClFNO/c15-13-6-3-11(7-14(13)16)9-18-12-4-1-10(8-17)2-5-12/h1-7H,9H2. The van der Waals surface area contributed by atoms with Gasteiger partial charge in [-0.25, -0.2) is 4.39 Å². The Morgan fingerprint density at radius 3 is 2.50 bits per heavy atom. The SMILES string of the molecule is N#Cc1ccc(OCc2ccc(Cl)c(F)c2)cc1. The van der Waals surface area contributed by atoms with Gasteiger partial charge in [0.2, 0.25) is 0 Å². The Morgan fingerprint density at radius 2 is 1.89 bits per heavy atom. The highest BCUT2D eigenvalue weighted by atomic mass is 35.5. The first-order valence-electron chi connectivity index (χ1n) is 5.26. The van der Waals surface area contributed by atoms with Crippen molar-refractivity contribution in [2.24, 2.45) is 0 Å². The molecule has 2 aromatic rings. The zero-order chi connectivity index (χ0) is 13.0. The minimum Gasteiger partial charge on any atom is -0.489 e.